The van der Waals surface area contributed by atoms with Gasteiger partial charge < -0.3 is 27.0 Å². The van der Waals surface area contributed by atoms with Crippen molar-refractivity contribution in [2.45, 2.75) is 19.6 Å². The van der Waals surface area contributed by atoms with Crippen LogP contribution in [0.15, 0.2) is 172 Å². The number of phenolic OH excluding ortho intramolecular Hbond substituents is 2. The van der Waals surface area contributed by atoms with Crippen LogP contribution in [0.25, 0.3) is 32.3 Å². The number of nitrogens with two attached hydrogens (primary N) is 2. The van der Waals surface area contributed by atoms with Crippen LogP contribution in [-0.4, -0.2) is 62.1 Å². The average Bonchev–Trinajstić information content (AvgIpc) is 3.27. The van der Waals surface area contributed by atoms with E-state index in [0.717, 1.165) is 30.3 Å². The normalized spacial score (nSPS) is 12.9. The Kier molecular flexibility index (Phi) is 12.1. The van der Waals surface area contributed by atoms with Crippen LogP contribution >= 0.6 is 0 Å². The number of nitrogen functional groups attached to an aromatic ring is 2. The Morgan fingerprint density at radius 2 is 0.870 bits per heavy atom. The Bertz CT molecular complexity index is 4040. The zero-order valence-electron chi connectivity index (χ0n) is 34.5. The number of aromatic hydroxyl groups is 2. The predicted octanol–water partition coefficient (Wildman–Crippen LogP) is 9.70. The summed E-state index contributed by atoms with van der Waals surface area (Å²) in [5.74, 6) is -1.32. The van der Waals surface area contributed by atoms with Gasteiger partial charge in [0, 0.05) is 38.6 Å². The van der Waals surface area contributed by atoms with Crippen LogP contribution in [0.3, 0.4) is 0 Å². The number of phenols is 2. The van der Waals surface area contributed by atoms with Gasteiger partial charge in [-0.2, -0.15) is 43.9 Å². The van der Waals surface area contributed by atoms with Gasteiger partial charge in [0.25, 0.3) is 40.5 Å². The second kappa shape index (κ2) is 17.6. The van der Waals surface area contributed by atoms with Crippen LogP contribution in [0.2, 0.25) is 0 Å². The summed E-state index contributed by atoms with van der Waals surface area (Å²) in [5.41, 5.74) is 10.9. The van der Waals surface area contributed by atoms with Crippen molar-refractivity contribution in [2.24, 2.45) is 30.7 Å². The van der Waals surface area contributed by atoms with E-state index in [-0.39, 0.29) is 77.8 Å². The van der Waals surface area contributed by atoms with Gasteiger partial charge in [0.05, 0.1) is 33.3 Å². The number of hydrogen-bond donors (Lipinski definition) is 9. The summed E-state index contributed by atoms with van der Waals surface area (Å²) in [6.45, 7) is 0. The lowest BCUT2D eigenvalue weighted by Gasteiger charge is -2.11. The minimum Gasteiger partial charge on any atom is -0.505 e. The van der Waals surface area contributed by atoms with E-state index >= 15 is 0 Å². The van der Waals surface area contributed by atoms with E-state index < -0.39 is 82.9 Å². The lowest BCUT2D eigenvalue weighted by atomic mass is 10.1. The predicted molar refractivity (Wildman–Crippen MR) is 252 cm³/mol. The van der Waals surface area contributed by atoms with Gasteiger partial charge in [-0.15, -0.1) is 20.5 Å². The molecule has 0 fully saturated rings. The molecule has 0 spiro atoms. The molecule has 8 rings (SSSR count). The molecular formula is C42H31N9O14S4. The Balaban J connectivity index is 1.08. The van der Waals surface area contributed by atoms with Crippen molar-refractivity contribution in [3.63, 3.8) is 0 Å². The van der Waals surface area contributed by atoms with E-state index in [2.05, 4.69) is 36.0 Å². The zero-order chi connectivity index (χ0) is 49.8. The highest BCUT2D eigenvalue weighted by Crippen LogP contribution is 2.45. The molecule has 0 aliphatic heterocycles. The van der Waals surface area contributed by atoms with Crippen molar-refractivity contribution < 1.29 is 62.1 Å². The number of fused-ring (bicyclic) bond motifs is 3. The monoisotopic (exact) mass is 1010 g/mol. The van der Waals surface area contributed by atoms with Crippen molar-refractivity contribution in [2.75, 3.05) is 16.8 Å². The van der Waals surface area contributed by atoms with Gasteiger partial charge in [-0.1, -0.05) is 6.07 Å². The Morgan fingerprint density at radius 1 is 0.406 bits per heavy atom. The number of rotatable bonds is 12. The molecule has 0 amide bonds. The maximum Gasteiger partial charge on any atom is 0.296 e. The topological polar surface area (TPSA) is 396 Å². The van der Waals surface area contributed by atoms with Crippen molar-refractivity contribution in [3.8, 4) is 11.5 Å². The lowest BCUT2D eigenvalue weighted by Crippen LogP contribution is -2.03. The van der Waals surface area contributed by atoms with Gasteiger partial charge in [-0.3, -0.25) is 18.2 Å². The van der Waals surface area contributed by atoms with Crippen LogP contribution in [0.4, 0.5) is 56.9 Å². The molecule has 0 heterocycles. The number of nitrogens with zero attached hydrogens (tertiary/aromatic N) is 6. The minimum absolute atomic E-state index is 0.00142. The Morgan fingerprint density at radius 3 is 1.39 bits per heavy atom. The first-order valence-corrected chi connectivity index (χ1v) is 24.9. The summed E-state index contributed by atoms with van der Waals surface area (Å²) in [5, 5.41) is 49.7. The fourth-order valence-corrected chi connectivity index (χ4v) is 9.43. The number of anilines is 4. The van der Waals surface area contributed by atoms with E-state index in [1.807, 2.05) is 0 Å². The van der Waals surface area contributed by atoms with Crippen LogP contribution in [-0.2, 0) is 40.5 Å². The molecule has 8 aromatic carbocycles. The SMILES string of the molecule is Nc1ccc2c(O)c(N=Nc3ccc(Nc4ccc(N=Nc5ccc(N=Nc6c(S(=O)(=O)O)cc7cc(N)ccc7c6O)c6ccc(S(=O)(=O)O)cc56)cc4)c(S(=O)(=O)O)c3)c(S(=O)(=O)O)cc2c1. The summed E-state index contributed by atoms with van der Waals surface area (Å²) >= 11 is 0. The average molecular weight is 1010 g/mol. The molecule has 0 aliphatic carbocycles. The van der Waals surface area contributed by atoms with Gasteiger partial charge in [0.15, 0.2) is 11.5 Å². The van der Waals surface area contributed by atoms with Crippen LogP contribution in [0, 0.1) is 0 Å². The van der Waals surface area contributed by atoms with Crippen molar-refractivity contribution in [1.82, 2.24) is 0 Å². The second-order valence-electron chi connectivity index (χ2n) is 14.8. The first-order chi connectivity index (χ1) is 32.3. The zero-order valence-corrected chi connectivity index (χ0v) is 37.7. The number of nitrogens with one attached hydrogen (secondary N) is 1. The number of hydrogen-bond acceptors (Lipinski definition) is 19. The molecule has 0 unspecified atom stereocenters. The summed E-state index contributed by atoms with van der Waals surface area (Å²) < 4.78 is 138. The number of azo groups is 3. The van der Waals surface area contributed by atoms with Crippen LogP contribution in [0.5, 0.6) is 11.5 Å². The molecule has 23 nitrogen and oxygen atoms in total. The number of benzene rings is 8. The lowest BCUT2D eigenvalue weighted by molar-refractivity contribution is 0.471. The summed E-state index contributed by atoms with van der Waals surface area (Å²) in [6, 6.07) is 25.8. The fourth-order valence-electron chi connectivity index (χ4n) is 6.94. The van der Waals surface area contributed by atoms with Crippen molar-refractivity contribution >= 4 is 130 Å². The molecule has 0 radical (unpaired) electrons. The highest BCUT2D eigenvalue weighted by Gasteiger charge is 2.25. The Hall–Kier alpha value is -8.02. The highest BCUT2D eigenvalue weighted by molar-refractivity contribution is 7.86. The van der Waals surface area contributed by atoms with E-state index in [0.29, 0.717) is 0 Å². The summed E-state index contributed by atoms with van der Waals surface area (Å²) in [4.78, 5) is -2.82. The van der Waals surface area contributed by atoms with Crippen LogP contribution in [0.1, 0.15) is 0 Å². The first-order valence-electron chi connectivity index (χ1n) is 19.2. The van der Waals surface area contributed by atoms with E-state index in [4.69, 9.17) is 11.5 Å². The summed E-state index contributed by atoms with van der Waals surface area (Å²) in [7, 11) is -19.7. The molecule has 11 N–H and O–H groups in total. The fraction of sp³-hybridized carbons (Fsp3) is 0. The van der Waals surface area contributed by atoms with Crippen molar-refractivity contribution in [1.29, 1.82) is 0 Å². The molecule has 0 aromatic heterocycles. The molecule has 0 aliphatic rings. The molecular weight excluding hydrogens is 983 g/mol. The maximum absolute atomic E-state index is 12.5. The van der Waals surface area contributed by atoms with E-state index in [1.54, 1.807) is 0 Å². The third-order valence-electron chi connectivity index (χ3n) is 10.1. The third kappa shape index (κ3) is 10.0. The minimum atomic E-state index is -4.97. The molecule has 69 heavy (non-hydrogen) atoms. The van der Waals surface area contributed by atoms with Crippen LogP contribution < -0.4 is 16.8 Å². The molecule has 0 bridgehead atoms. The van der Waals surface area contributed by atoms with Crippen molar-refractivity contribution in [3.05, 3.63) is 121 Å². The molecule has 8 aromatic rings. The second-order valence-corrected chi connectivity index (χ2v) is 20.4. The molecule has 0 saturated heterocycles. The highest BCUT2D eigenvalue weighted by atomic mass is 32.2. The van der Waals surface area contributed by atoms with Gasteiger partial charge >= 0.3 is 0 Å². The molecule has 0 saturated carbocycles. The summed E-state index contributed by atoms with van der Waals surface area (Å²) in [6.07, 6.45) is 0. The molecule has 27 heteroatoms. The quantitative estimate of drug-likeness (QED) is 0.0312. The van der Waals surface area contributed by atoms with Gasteiger partial charge in [-0.25, -0.2) is 0 Å². The third-order valence-corrected chi connectivity index (χ3v) is 13.6. The molecule has 0 atom stereocenters. The van der Waals surface area contributed by atoms with E-state index in [9.17, 15) is 62.1 Å². The largest absolute Gasteiger partial charge is 0.505 e. The molecule has 352 valence electrons. The van der Waals surface area contributed by atoms with E-state index in [1.165, 1.54) is 91.0 Å². The first kappa shape index (κ1) is 47.5. The van der Waals surface area contributed by atoms with Gasteiger partial charge in [0.1, 0.15) is 26.1 Å². The van der Waals surface area contributed by atoms with Gasteiger partial charge in [0.2, 0.25) is 0 Å². The Labute approximate surface area is 389 Å². The maximum atomic E-state index is 12.5. The standard InChI is InChI=1S/C42H31N9O14S4/c43-23-1-9-29-21(15-23)17-37(68(60,61)62)39(41(29)52)50-47-27-7-12-35(36(19-27)67(57,58)59)45-25-3-5-26(6-4-25)46-48-34-14-13-33(31-11-8-28(20-32(31)34)66(54,55)56)49-51-40-38(69(63,64)65)18-22-16-24(44)2-10-30(22)42(40)53/h1-20,45,52-53H,43-44H2,(H,54,55,56)(H,57,58,59)(H,60,61,62)(H,63,64,65). The smallest absolute Gasteiger partial charge is 0.296 e. The van der Waals surface area contributed by atoms with Gasteiger partial charge in [-0.05, 0) is 126 Å².